The van der Waals surface area contributed by atoms with Crippen molar-refractivity contribution in [2.24, 2.45) is 5.92 Å². The average molecular weight is 286 g/mol. The number of hydrogen-bond acceptors (Lipinski definition) is 4. The summed E-state index contributed by atoms with van der Waals surface area (Å²) in [5.74, 6) is -4.12. The van der Waals surface area contributed by atoms with Gasteiger partial charge in [-0.05, 0) is 12.1 Å². The van der Waals surface area contributed by atoms with Crippen LogP contribution < -0.4 is 5.73 Å². The van der Waals surface area contributed by atoms with Gasteiger partial charge in [-0.2, -0.15) is 0 Å². The molecule has 0 spiro atoms. The number of benzene rings is 1. The second-order valence-corrected chi connectivity index (χ2v) is 4.44. The van der Waals surface area contributed by atoms with Crippen LogP contribution >= 0.6 is 0 Å². The predicted molar refractivity (Wildman–Crippen MR) is 68.9 cm³/mol. The number of nitrogen functional groups attached to an aromatic ring is 1. The number of carbonyl (C=O) groups excluding carboxylic acids is 2. The van der Waals surface area contributed by atoms with Crippen LogP contribution in [0.1, 0.15) is 17.3 Å². The standard InChI is InChI=1S/C13H16F2N2O3/c1-7(13(19)20-3)6-17(2)12(18)10-8(14)4-5-9(16)11(10)15/h4-5,7H,6,16H2,1-3H3. The van der Waals surface area contributed by atoms with E-state index < -0.39 is 35.0 Å². The van der Waals surface area contributed by atoms with E-state index in [-0.39, 0.29) is 12.2 Å². The maximum absolute atomic E-state index is 13.7. The third-order valence-electron chi connectivity index (χ3n) is 2.83. The Labute approximate surface area is 115 Å². The molecule has 0 radical (unpaired) electrons. The van der Waals surface area contributed by atoms with Crippen LogP contribution in [-0.2, 0) is 9.53 Å². The fourth-order valence-electron chi connectivity index (χ4n) is 1.72. The third-order valence-corrected chi connectivity index (χ3v) is 2.83. The number of anilines is 1. The van der Waals surface area contributed by atoms with Gasteiger partial charge in [-0.1, -0.05) is 6.92 Å². The molecule has 2 N–H and O–H groups in total. The molecular weight excluding hydrogens is 270 g/mol. The van der Waals surface area contributed by atoms with E-state index >= 15 is 0 Å². The van der Waals surface area contributed by atoms with E-state index in [0.717, 1.165) is 17.0 Å². The smallest absolute Gasteiger partial charge is 0.310 e. The molecule has 0 aliphatic heterocycles. The Bertz CT molecular complexity index is 535. The minimum atomic E-state index is -1.10. The second kappa shape index (κ2) is 6.31. The minimum Gasteiger partial charge on any atom is -0.469 e. The predicted octanol–water partition coefficient (Wildman–Crippen LogP) is 1.43. The Hall–Kier alpha value is -2.18. The van der Waals surface area contributed by atoms with Gasteiger partial charge < -0.3 is 15.4 Å². The molecule has 5 nitrogen and oxygen atoms in total. The van der Waals surface area contributed by atoms with Crippen LogP contribution in [0.5, 0.6) is 0 Å². The van der Waals surface area contributed by atoms with Crippen molar-refractivity contribution in [3.05, 3.63) is 29.3 Å². The summed E-state index contributed by atoms with van der Waals surface area (Å²) in [7, 11) is 2.56. The Morgan fingerprint density at radius 1 is 1.40 bits per heavy atom. The van der Waals surface area contributed by atoms with Gasteiger partial charge >= 0.3 is 5.97 Å². The first-order valence-corrected chi connectivity index (χ1v) is 5.86. The lowest BCUT2D eigenvalue weighted by atomic mass is 10.1. The molecule has 1 aromatic carbocycles. The lowest BCUT2D eigenvalue weighted by molar-refractivity contribution is -0.145. The molecule has 20 heavy (non-hydrogen) atoms. The lowest BCUT2D eigenvalue weighted by Gasteiger charge is -2.21. The monoisotopic (exact) mass is 286 g/mol. The summed E-state index contributed by atoms with van der Waals surface area (Å²) in [4.78, 5) is 24.3. The molecule has 0 bridgehead atoms. The van der Waals surface area contributed by atoms with Crippen LogP contribution in [0.2, 0.25) is 0 Å². The number of nitrogens with two attached hydrogens (primary N) is 1. The quantitative estimate of drug-likeness (QED) is 0.671. The van der Waals surface area contributed by atoms with Crippen LogP contribution in [0.15, 0.2) is 12.1 Å². The van der Waals surface area contributed by atoms with Gasteiger partial charge in [0.1, 0.15) is 11.4 Å². The van der Waals surface area contributed by atoms with Crippen molar-refractivity contribution in [2.45, 2.75) is 6.92 Å². The maximum atomic E-state index is 13.7. The van der Waals surface area contributed by atoms with Gasteiger partial charge in [-0.3, -0.25) is 9.59 Å². The molecule has 0 saturated carbocycles. The number of esters is 1. The summed E-state index contributed by atoms with van der Waals surface area (Å²) < 4.78 is 31.8. The van der Waals surface area contributed by atoms with Gasteiger partial charge in [0.05, 0.1) is 18.7 Å². The van der Waals surface area contributed by atoms with Crippen molar-refractivity contribution in [1.82, 2.24) is 4.90 Å². The fourth-order valence-corrected chi connectivity index (χ4v) is 1.72. The Morgan fingerprint density at radius 3 is 2.55 bits per heavy atom. The highest BCUT2D eigenvalue weighted by Gasteiger charge is 2.25. The van der Waals surface area contributed by atoms with Crippen LogP contribution in [0.25, 0.3) is 0 Å². The normalized spacial score (nSPS) is 11.8. The molecule has 1 atom stereocenters. The summed E-state index contributed by atoms with van der Waals surface area (Å²) >= 11 is 0. The molecule has 1 unspecified atom stereocenters. The zero-order valence-electron chi connectivity index (χ0n) is 11.4. The largest absolute Gasteiger partial charge is 0.469 e. The highest BCUT2D eigenvalue weighted by molar-refractivity contribution is 5.95. The molecule has 0 aliphatic carbocycles. The number of halogens is 2. The first-order valence-electron chi connectivity index (χ1n) is 5.86. The molecule has 7 heteroatoms. The maximum Gasteiger partial charge on any atom is 0.310 e. The number of amides is 1. The molecule has 0 heterocycles. The highest BCUT2D eigenvalue weighted by atomic mass is 19.1. The molecule has 0 fully saturated rings. The third kappa shape index (κ3) is 3.23. The zero-order valence-corrected chi connectivity index (χ0v) is 11.4. The number of nitrogens with zero attached hydrogens (tertiary/aromatic N) is 1. The molecule has 1 rings (SSSR count). The molecule has 110 valence electrons. The molecule has 0 aliphatic rings. The fraction of sp³-hybridized carbons (Fsp3) is 0.385. The number of carbonyl (C=O) groups is 2. The Morgan fingerprint density at radius 2 is 2.00 bits per heavy atom. The summed E-state index contributed by atoms with van der Waals surface area (Å²) in [6.07, 6.45) is 0. The van der Waals surface area contributed by atoms with Crippen molar-refractivity contribution in [3.63, 3.8) is 0 Å². The number of methoxy groups -OCH3 is 1. The second-order valence-electron chi connectivity index (χ2n) is 4.44. The first-order chi connectivity index (χ1) is 9.29. The lowest BCUT2D eigenvalue weighted by Crippen LogP contribution is -2.35. The van der Waals surface area contributed by atoms with E-state index in [4.69, 9.17) is 5.73 Å². The first kappa shape index (κ1) is 15.9. The van der Waals surface area contributed by atoms with Gasteiger partial charge in [0.25, 0.3) is 5.91 Å². The van der Waals surface area contributed by atoms with Gasteiger partial charge in [-0.25, -0.2) is 8.78 Å². The van der Waals surface area contributed by atoms with Crippen LogP contribution in [0, 0.1) is 17.6 Å². The van der Waals surface area contributed by atoms with Gasteiger partial charge in [0.15, 0.2) is 5.82 Å². The van der Waals surface area contributed by atoms with E-state index in [2.05, 4.69) is 4.74 Å². The average Bonchev–Trinajstić information content (AvgIpc) is 2.42. The Kier molecular flexibility index (Phi) is 5.01. The molecule has 0 aromatic heterocycles. The van der Waals surface area contributed by atoms with E-state index in [0.29, 0.717) is 0 Å². The van der Waals surface area contributed by atoms with Crippen LogP contribution in [0.4, 0.5) is 14.5 Å². The minimum absolute atomic E-state index is 0.0286. The van der Waals surface area contributed by atoms with E-state index in [1.807, 2.05) is 0 Å². The van der Waals surface area contributed by atoms with E-state index in [1.165, 1.54) is 14.2 Å². The number of rotatable bonds is 4. The summed E-state index contributed by atoms with van der Waals surface area (Å²) in [5.41, 5.74) is 4.26. The SMILES string of the molecule is COC(=O)C(C)CN(C)C(=O)c1c(F)ccc(N)c1F. The van der Waals surface area contributed by atoms with Crippen molar-refractivity contribution < 1.29 is 23.1 Å². The van der Waals surface area contributed by atoms with Gasteiger partial charge in [-0.15, -0.1) is 0 Å². The van der Waals surface area contributed by atoms with Crippen molar-refractivity contribution >= 4 is 17.6 Å². The molecule has 1 aromatic rings. The summed E-state index contributed by atoms with van der Waals surface area (Å²) in [6, 6.07) is 1.96. The molecule has 1 amide bonds. The van der Waals surface area contributed by atoms with Crippen LogP contribution in [-0.4, -0.2) is 37.5 Å². The number of hydrogen-bond donors (Lipinski definition) is 1. The van der Waals surface area contributed by atoms with Crippen molar-refractivity contribution in [3.8, 4) is 0 Å². The highest BCUT2D eigenvalue weighted by Crippen LogP contribution is 2.20. The van der Waals surface area contributed by atoms with Crippen molar-refractivity contribution in [2.75, 3.05) is 26.4 Å². The van der Waals surface area contributed by atoms with E-state index in [1.54, 1.807) is 6.92 Å². The van der Waals surface area contributed by atoms with Crippen molar-refractivity contribution in [1.29, 1.82) is 0 Å². The topological polar surface area (TPSA) is 72.6 Å². The molecular formula is C13H16F2N2O3. The van der Waals surface area contributed by atoms with Crippen LogP contribution in [0.3, 0.4) is 0 Å². The zero-order chi connectivity index (χ0) is 15.4. The summed E-state index contributed by atoms with van der Waals surface area (Å²) in [6.45, 7) is 1.51. The van der Waals surface area contributed by atoms with Gasteiger partial charge in [0, 0.05) is 13.6 Å². The van der Waals surface area contributed by atoms with Gasteiger partial charge in [0.2, 0.25) is 0 Å². The Balaban J connectivity index is 2.96. The summed E-state index contributed by atoms with van der Waals surface area (Å²) in [5, 5.41) is 0. The number of ether oxygens (including phenoxy) is 1. The molecule has 0 saturated heterocycles. The van der Waals surface area contributed by atoms with E-state index in [9.17, 15) is 18.4 Å².